The van der Waals surface area contributed by atoms with Crippen LogP contribution in [-0.2, 0) is 6.54 Å². The predicted octanol–water partition coefficient (Wildman–Crippen LogP) is 3.83. The first-order chi connectivity index (χ1) is 22.9. The fourth-order valence-electron chi connectivity index (χ4n) is 7.99. The number of likely N-dealkylation sites (tertiary alicyclic amines) is 2. The molecule has 0 spiro atoms. The highest BCUT2D eigenvalue weighted by Crippen LogP contribution is 2.42. The van der Waals surface area contributed by atoms with Crippen LogP contribution in [-0.4, -0.2) is 89.5 Å². The van der Waals surface area contributed by atoms with Gasteiger partial charge in [-0.15, -0.1) is 0 Å². The quantitative estimate of drug-likeness (QED) is 0.286. The normalized spacial score (nSPS) is 22.4. The van der Waals surface area contributed by atoms with E-state index in [1.54, 1.807) is 31.2 Å². The minimum absolute atomic E-state index is 0.0310. The fourth-order valence-corrected chi connectivity index (χ4v) is 7.99. The molecule has 47 heavy (non-hydrogen) atoms. The summed E-state index contributed by atoms with van der Waals surface area (Å²) >= 11 is 0. The third-order valence-electron chi connectivity index (χ3n) is 10.7. The van der Waals surface area contributed by atoms with Crippen molar-refractivity contribution in [2.75, 3.05) is 26.7 Å². The van der Waals surface area contributed by atoms with E-state index >= 15 is 0 Å². The number of piperidine rings is 1. The molecule has 240 valence electrons. The Labute approximate surface area is 271 Å². The summed E-state index contributed by atoms with van der Waals surface area (Å²) in [4.78, 5) is 49.6. The highest BCUT2D eigenvalue weighted by atomic mass is 16.5. The molecule has 9 rings (SSSR count). The summed E-state index contributed by atoms with van der Waals surface area (Å²) in [6.45, 7) is 4.31. The lowest BCUT2D eigenvalue weighted by Crippen LogP contribution is -2.51. The molecule has 12 heteroatoms. The van der Waals surface area contributed by atoms with Crippen LogP contribution >= 0.6 is 0 Å². The molecule has 2 aliphatic carbocycles. The van der Waals surface area contributed by atoms with Crippen molar-refractivity contribution >= 4 is 33.9 Å². The second kappa shape index (κ2) is 10.6. The Morgan fingerprint density at radius 2 is 1.83 bits per heavy atom. The number of amides is 2. The molecule has 3 atom stereocenters. The molecule has 4 aromatic heterocycles. The minimum atomic E-state index is -0.122. The van der Waals surface area contributed by atoms with E-state index in [2.05, 4.69) is 31.2 Å². The summed E-state index contributed by atoms with van der Waals surface area (Å²) in [5, 5.41) is 1.05. The number of ether oxygens (including phenoxy) is 1. The predicted molar refractivity (Wildman–Crippen MR) is 175 cm³/mol. The maximum Gasteiger partial charge on any atom is 0.272 e. The number of nitrogens with zero attached hydrogens (tertiary/aromatic N) is 8. The summed E-state index contributed by atoms with van der Waals surface area (Å²) in [6.07, 6.45) is 7.87. The van der Waals surface area contributed by atoms with Gasteiger partial charge in [-0.1, -0.05) is 0 Å². The molecule has 1 aromatic carbocycles. The van der Waals surface area contributed by atoms with Crippen LogP contribution in [0, 0.1) is 18.8 Å². The summed E-state index contributed by atoms with van der Waals surface area (Å²) in [5.41, 5.74) is 10.8. The van der Waals surface area contributed by atoms with E-state index in [1.807, 2.05) is 29.3 Å². The van der Waals surface area contributed by atoms with Crippen LogP contribution in [0.2, 0.25) is 0 Å². The lowest BCUT2D eigenvalue weighted by Gasteiger charge is -2.40. The van der Waals surface area contributed by atoms with Gasteiger partial charge in [-0.2, -0.15) is 0 Å². The molecular formula is C35H37N9O3. The van der Waals surface area contributed by atoms with E-state index < -0.39 is 0 Å². The summed E-state index contributed by atoms with van der Waals surface area (Å²) in [5.74, 6) is 2.73. The van der Waals surface area contributed by atoms with Gasteiger partial charge in [-0.05, 0) is 80.8 Å². The number of imidazole rings is 1. The van der Waals surface area contributed by atoms with Crippen molar-refractivity contribution in [3.05, 3.63) is 65.9 Å². The third-order valence-corrected chi connectivity index (χ3v) is 10.7. The average Bonchev–Trinajstić information content (AvgIpc) is 3.40. The van der Waals surface area contributed by atoms with Crippen molar-refractivity contribution in [2.45, 2.75) is 57.3 Å². The first-order valence-corrected chi connectivity index (χ1v) is 16.6. The molecule has 2 N–H and O–H groups in total. The Morgan fingerprint density at radius 3 is 2.55 bits per heavy atom. The molecule has 5 aromatic rings. The van der Waals surface area contributed by atoms with Gasteiger partial charge < -0.3 is 29.4 Å². The highest BCUT2D eigenvalue weighted by molar-refractivity contribution is 6.01. The van der Waals surface area contributed by atoms with E-state index in [-0.39, 0.29) is 29.9 Å². The highest BCUT2D eigenvalue weighted by Gasteiger charge is 2.47. The number of carbonyl (C=O) groups excluding carboxylic acids is 2. The monoisotopic (exact) mass is 631 g/mol. The van der Waals surface area contributed by atoms with Gasteiger partial charge >= 0.3 is 0 Å². The molecule has 2 unspecified atom stereocenters. The Bertz CT molecular complexity index is 2080. The number of rotatable bonds is 7. The number of fused-ring (bicyclic) bond motifs is 4. The molecule has 2 aliphatic heterocycles. The summed E-state index contributed by atoms with van der Waals surface area (Å²) in [6, 6.07) is 11.6. The van der Waals surface area contributed by atoms with Crippen molar-refractivity contribution in [3.63, 3.8) is 0 Å². The van der Waals surface area contributed by atoms with Crippen molar-refractivity contribution in [2.24, 2.45) is 17.6 Å². The van der Waals surface area contributed by atoms with Gasteiger partial charge in [0.2, 0.25) is 0 Å². The lowest BCUT2D eigenvalue weighted by atomic mass is 10.1. The van der Waals surface area contributed by atoms with E-state index in [0.29, 0.717) is 59.8 Å². The second-order valence-electron chi connectivity index (χ2n) is 13.6. The number of methoxy groups -OCH3 is 1. The average molecular weight is 632 g/mol. The molecule has 2 saturated carbocycles. The zero-order valence-electron chi connectivity index (χ0n) is 26.5. The maximum atomic E-state index is 13.9. The molecule has 2 amide bonds. The van der Waals surface area contributed by atoms with Gasteiger partial charge in [0.1, 0.15) is 28.4 Å². The lowest BCUT2D eigenvalue weighted by molar-refractivity contribution is 0.0521. The van der Waals surface area contributed by atoms with Crippen molar-refractivity contribution < 1.29 is 14.3 Å². The zero-order valence-corrected chi connectivity index (χ0v) is 26.5. The van der Waals surface area contributed by atoms with Gasteiger partial charge in [-0.25, -0.2) is 19.9 Å². The Balaban J connectivity index is 1.16. The van der Waals surface area contributed by atoms with Crippen LogP contribution in [0.3, 0.4) is 0 Å². The van der Waals surface area contributed by atoms with E-state index in [1.165, 1.54) is 12.8 Å². The molecule has 2 bridgehead atoms. The van der Waals surface area contributed by atoms with Gasteiger partial charge in [-0.3, -0.25) is 9.59 Å². The number of carbonyl (C=O) groups is 2. The van der Waals surface area contributed by atoms with Crippen molar-refractivity contribution in [3.8, 4) is 17.3 Å². The van der Waals surface area contributed by atoms with E-state index in [4.69, 9.17) is 20.4 Å². The summed E-state index contributed by atoms with van der Waals surface area (Å²) < 4.78 is 10.5. The minimum Gasteiger partial charge on any atom is -0.494 e. The van der Waals surface area contributed by atoms with Gasteiger partial charge in [0, 0.05) is 61.6 Å². The number of pyridine rings is 1. The van der Waals surface area contributed by atoms with Crippen LogP contribution < -0.4 is 10.5 Å². The van der Waals surface area contributed by atoms with E-state index in [0.717, 1.165) is 47.5 Å². The number of aromatic nitrogens is 6. The first kappa shape index (κ1) is 28.4. The SMILES string of the molecule is COc1cc(C(=O)N2CC3CCC2[C@@H]3N)cc2nc(-c3cc4cccnc4n3CC3CC3)n(C3CN(C(=O)c4ccnc(C)n4)C3)c12. The van der Waals surface area contributed by atoms with Gasteiger partial charge in [0.25, 0.3) is 11.8 Å². The Morgan fingerprint density at radius 1 is 0.979 bits per heavy atom. The van der Waals surface area contributed by atoms with Crippen molar-refractivity contribution in [1.82, 2.24) is 38.9 Å². The second-order valence-corrected chi connectivity index (χ2v) is 13.6. The molecule has 12 nitrogen and oxygen atoms in total. The molecule has 6 heterocycles. The zero-order chi connectivity index (χ0) is 32.0. The van der Waals surface area contributed by atoms with Crippen LogP contribution in [0.15, 0.2) is 48.8 Å². The number of nitrogens with two attached hydrogens (primary N) is 1. The fraction of sp³-hybridized carbons (Fsp3) is 0.429. The van der Waals surface area contributed by atoms with Crippen LogP contribution in [0.1, 0.15) is 58.4 Å². The number of hydrogen-bond acceptors (Lipinski definition) is 8. The van der Waals surface area contributed by atoms with Gasteiger partial charge in [0.15, 0.2) is 5.82 Å². The van der Waals surface area contributed by atoms with Crippen LogP contribution in [0.5, 0.6) is 5.75 Å². The van der Waals surface area contributed by atoms with Crippen molar-refractivity contribution in [1.29, 1.82) is 0 Å². The summed E-state index contributed by atoms with van der Waals surface area (Å²) in [7, 11) is 1.63. The number of benzene rings is 1. The van der Waals surface area contributed by atoms with Crippen LogP contribution in [0.4, 0.5) is 0 Å². The third kappa shape index (κ3) is 4.52. The maximum absolute atomic E-state index is 13.9. The number of aryl methyl sites for hydroxylation is 1. The molecule has 4 aliphatic rings. The molecule has 2 saturated heterocycles. The Kier molecular flexibility index (Phi) is 6.40. The molecule has 4 fully saturated rings. The number of hydrogen-bond donors (Lipinski definition) is 1. The first-order valence-electron chi connectivity index (χ1n) is 16.6. The van der Waals surface area contributed by atoms with Gasteiger partial charge in [0.05, 0.1) is 24.4 Å². The Hall–Kier alpha value is -4.84. The van der Waals surface area contributed by atoms with E-state index in [9.17, 15) is 9.59 Å². The molecule has 0 radical (unpaired) electrons. The standard InChI is InChI=1S/C35H37N9O3/c1-19-37-11-9-25(39-19)35(46)41-17-24(18-41)44-31-26(12-23(14-29(31)47-2)34(45)43-16-22-7-8-27(43)30(22)36)40-33(44)28-13-21-4-3-10-38-32(21)42(28)15-20-5-6-20/h3-4,9-14,20,22,24,27,30H,5-8,15-18,36H2,1-2H3/t22?,27?,30-/m1/s1. The van der Waals surface area contributed by atoms with Crippen LogP contribution in [0.25, 0.3) is 33.6 Å². The largest absolute Gasteiger partial charge is 0.494 e. The topological polar surface area (TPSA) is 137 Å². The molecular weight excluding hydrogens is 594 g/mol. The smallest absolute Gasteiger partial charge is 0.272 e.